The van der Waals surface area contributed by atoms with Crippen LogP contribution in [0.15, 0.2) is 28.7 Å². The average Bonchev–Trinajstić information content (AvgIpc) is 2.93. The Morgan fingerprint density at radius 3 is 2.96 bits per heavy atom. The summed E-state index contributed by atoms with van der Waals surface area (Å²) in [7, 11) is 1.63. The van der Waals surface area contributed by atoms with Crippen LogP contribution in [0.5, 0.6) is 0 Å². The first-order valence-electron chi connectivity index (χ1n) is 8.19. The van der Waals surface area contributed by atoms with Crippen molar-refractivity contribution in [2.75, 3.05) is 13.7 Å². The van der Waals surface area contributed by atoms with Crippen LogP contribution in [0, 0.1) is 0 Å². The first-order valence-corrected chi connectivity index (χ1v) is 8.19. The third kappa shape index (κ3) is 2.99. The zero-order chi connectivity index (χ0) is 16.4. The minimum atomic E-state index is -0.0738. The van der Waals surface area contributed by atoms with Gasteiger partial charge in [0.25, 0.3) is 5.91 Å². The fourth-order valence-electron chi connectivity index (χ4n) is 3.45. The predicted molar refractivity (Wildman–Crippen MR) is 89.3 cm³/mol. The molecule has 2 aromatic rings. The Morgan fingerprint density at radius 1 is 1.43 bits per heavy atom. The summed E-state index contributed by atoms with van der Waals surface area (Å²) >= 11 is 0. The van der Waals surface area contributed by atoms with E-state index in [4.69, 9.17) is 14.9 Å². The lowest BCUT2D eigenvalue weighted by Crippen LogP contribution is -2.51. The number of likely N-dealkylation sites (tertiary alicyclic amines) is 1. The summed E-state index contributed by atoms with van der Waals surface area (Å²) in [6.07, 6.45) is 3.07. The van der Waals surface area contributed by atoms with Gasteiger partial charge in [0.2, 0.25) is 0 Å². The van der Waals surface area contributed by atoms with Crippen LogP contribution < -0.4 is 5.73 Å². The molecule has 1 aromatic carbocycles. The van der Waals surface area contributed by atoms with Crippen molar-refractivity contribution in [3.63, 3.8) is 0 Å². The van der Waals surface area contributed by atoms with Crippen molar-refractivity contribution in [3.05, 3.63) is 35.6 Å². The topological polar surface area (TPSA) is 68.7 Å². The van der Waals surface area contributed by atoms with Crippen molar-refractivity contribution >= 4 is 16.9 Å². The number of hydrogen-bond donors (Lipinski definition) is 1. The van der Waals surface area contributed by atoms with Gasteiger partial charge in [-0.05, 0) is 32.3 Å². The first kappa shape index (κ1) is 16.0. The maximum Gasteiger partial charge on any atom is 0.290 e. The molecular weight excluding hydrogens is 292 g/mol. The molecular formula is C18H24N2O3. The second kappa shape index (κ2) is 6.72. The number of benzene rings is 1. The van der Waals surface area contributed by atoms with Gasteiger partial charge in [0.15, 0.2) is 5.76 Å². The van der Waals surface area contributed by atoms with E-state index in [1.807, 2.05) is 36.1 Å². The van der Waals surface area contributed by atoms with E-state index < -0.39 is 0 Å². The third-order valence-electron chi connectivity index (χ3n) is 4.60. The average molecular weight is 316 g/mol. The molecule has 124 valence electrons. The Bertz CT molecular complexity index is 693. The maximum atomic E-state index is 13.1. The molecule has 23 heavy (non-hydrogen) atoms. The number of fused-ring (bicyclic) bond motifs is 1. The van der Waals surface area contributed by atoms with Crippen LogP contribution >= 0.6 is 0 Å². The van der Waals surface area contributed by atoms with Crippen molar-refractivity contribution in [1.82, 2.24) is 4.90 Å². The molecule has 1 aliphatic rings. The number of carbonyl (C=O) groups excluding carboxylic acids is 1. The van der Waals surface area contributed by atoms with Gasteiger partial charge in [-0.2, -0.15) is 0 Å². The lowest BCUT2D eigenvalue weighted by atomic mass is 9.96. The van der Waals surface area contributed by atoms with Crippen LogP contribution in [0.4, 0.5) is 0 Å². The van der Waals surface area contributed by atoms with Crippen LogP contribution in [0.3, 0.4) is 0 Å². The number of piperidine rings is 1. The summed E-state index contributed by atoms with van der Waals surface area (Å²) in [6.45, 7) is 3.05. The number of ether oxygens (including phenoxy) is 1. The van der Waals surface area contributed by atoms with E-state index in [1.54, 1.807) is 7.11 Å². The Morgan fingerprint density at radius 2 is 2.22 bits per heavy atom. The lowest BCUT2D eigenvalue weighted by molar-refractivity contribution is 0.0548. The van der Waals surface area contributed by atoms with E-state index >= 15 is 0 Å². The number of hydrogen-bond acceptors (Lipinski definition) is 4. The summed E-state index contributed by atoms with van der Waals surface area (Å²) in [5, 5.41) is 0.937. The molecule has 0 saturated carbocycles. The molecule has 1 aromatic heterocycles. The summed E-state index contributed by atoms with van der Waals surface area (Å²) in [4.78, 5) is 15.0. The van der Waals surface area contributed by atoms with Crippen molar-refractivity contribution in [3.8, 4) is 0 Å². The van der Waals surface area contributed by atoms with Crippen LogP contribution in [0.2, 0.25) is 0 Å². The number of methoxy groups -OCH3 is 1. The number of para-hydroxylation sites is 1. The molecule has 1 saturated heterocycles. The number of nitrogens with two attached hydrogens (primary N) is 1. The van der Waals surface area contributed by atoms with Gasteiger partial charge in [0.05, 0.1) is 6.61 Å². The van der Waals surface area contributed by atoms with Crippen molar-refractivity contribution in [2.45, 2.75) is 44.9 Å². The highest BCUT2D eigenvalue weighted by Crippen LogP contribution is 2.30. The highest BCUT2D eigenvalue weighted by molar-refractivity contribution is 5.99. The van der Waals surface area contributed by atoms with E-state index in [0.717, 1.165) is 42.3 Å². The molecule has 1 fully saturated rings. The second-order valence-electron chi connectivity index (χ2n) is 6.26. The quantitative estimate of drug-likeness (QED) is 0.941. The van der Waals surface area contributed by atoms with Crippen LogP contribution in [-0.4, -0.2) is 36.5 Å². The molecule has 2 atom stereocenters. The Hall–Kier alpha value is -1.85. The number of nitrogens with zero attached hydrogens (tertiary/aromatic N) is 1. The van der Waals surface area contributed by atoms with Crippen LogP contribution in [0.1, 0.15) is 42.3 Å². The molecule has 1 amide bonds. The maximum absolute atomic E-state index is 13.1. The first-order chi connectivity index (χ1) is 11.1. The van der Waals surface area contributed by atoms with Gasteiger partial charge < -0.3 is 19.8 Å². The van der Waals surface area contributed by atoms with Crippen molar-refractivity contribution in [2.24, 2.45) is 5.73 Å². The summed E-state index contributed by atoms with van der Waals surface area (Å²) in [5.41, 5.74) is 7.64. The molecule has 0 bridgehead atoms. The van der Waals surface area contributed by atoms with Crippen LogP contribution in [0.25, 0.3) is 11.0 Å². The fourth-order valence-corrected chi connectivity index (χ4v) is 3.45. The Labute approximate surface area is 136 Å². The number of rotatable bonds is 4. The number of amides is 1. The second-order valence-corrected chi connectivity index (χ2v) is 6.26. The zero-order valence-electron chi connectivity index (χ0n) is 13.7. The molecule has 5 heteroatoms. The molecule has 2 N–H and O–H groups in total. The zero-order valence-corrected chi connectivity index (χ0v) is 13.7. The number of furan rings is 1. The van der Waals surface area contributed by atoms with E-state index in [9.17, 15) is 4.79 Å². The van der Waals surface area contributed by atoms with E-state index in [-0.39, 0.29) is 18.0 Å². The van der Waals surface area contributed by atoms with Gasteiger partial charge in [0.1, 0.15) is 5.58 Å². The monoisotopic (exact) mass is 316 g/mol. The van der Waals surface area contributed by atoms with E-state index in [2.05, 4.69) is 0 Å². The predicted octanol–water partition coefficient (Wildman–Crippen LogP) is 2.92. The fraction of sp³-hybridized carbons (Fsp3) is 0.500. The van der Waals surface area contributed by atoms with Gasteiger partial charge in [-0.1, -0.05) is 18.2 Å². The molecule has 0 radical (unpaired) electrons. The number of carbonyl (C=O) groups is 1. The molecule has 3 rings (SSSR count). The highest BCUT2D eigenvalue weighted by Gasteiger charge is 2.33. The molecule has 5 nitrogen and oxygen atoms in total. The third-order valence-corrected chi connectivity index (χ3v) is 4.60. The lowest BCUT2D eigenvalue weighted by Gasteiger charge is -2.37. The minimum Gasteiger partial charge on any atom is -0.451 e. The van der Waals surface area contributed by atoms with Crippen molar-refractivity contribution in [1.29, 1.82) is 0 Å². The molecule has 2 heterocycles. The standard InChI is InChI=1S/C18H24N2O3/c1-12(19)15-8-5-6-10-20(15)18(21)17-14(11-22-2)13-7-3-4-9-16(13)23-17/h3-4,7,9,12,15H,5-6,8,10-11,19H2,1-2H3. The molecule has 1 aliphatic heterocycles. The Balaban J connectivity index is 2.01. The van der Waals surface area contributed by atoms with E-state index in [1.165, 1.54) is 0 Å². The largest absolute Gasteiger partial charge is 0.451 e. The molecule has 0 spiro atoms. The molecule has 2 unspecified atom stereocenters. The Kier molecular flexibility index (Phi) is 4.68. The summed E-state index contributed by atoms with van der Waals surface area (Å²) < 4.78 is 11.2. The minimum absolute atomic E-state index is 0.0468. The smallest absolute Gasteiger partial charge is 0.290 e. The molecule has 0 aliphatic carbocycles. The van der Waals surface area contributed by atoms with Gasteiger partial charge in [0, 0.05) is 36.7 Å². The summed E-state index contributed by atoms with van der Waals surface area (Å²) in [5.74, 6) is 0.316. The SMILES string of the molecule is COCc1c(C(=O)N2CCCCC2C(C)N)oc2ccccc12. The normalized spacial score (nSPS) is 20.0. The van der Waals surface area contributed by atoms with Gasteiger partial charge in [-0.15, -0.1) is 0 Å². The highest BCUT2D eigenvalue weighted by atomic mass is 16.5. The van der Waals surface area contributed by atoms with Crippen molar-refractivity contribution < 1.29 is 13.9 Å². The van der Waals surface area contributed by atoms with Gasteiger partial charge in [-0.25, -0.2) is 0 Å². The van der Waals surface area contributed by atoms with E-state index in [0.29, 0.717) is 12.4 Å². The summed E-state index contributed by atoms with van der Waals surface area (Å²) in [6, 6.07) is 7.71. The van der Waals surface area contributed by atoms with Crippen LogP contribution in [-0.2, 0) is 11.3 Å². The van der Waals surface area contributed by atoms with Gasteiger partial charge >= 0.3 is 0 Å². The van der Waals surface area contributed by atoms with Gasteiger partial charge in [-0.3, -0.25) is 4.79 Å².